The number of hydrogen-bond donors (Lipinski definition) is 0. The molecular weight excluding hydrogens is 529 g/mol. The summed E-state index contributed by atoms with van der Waals surface area (Å²) in [5, 5.41) is 1.25. The summed E-state index contributed by atoms with van der Waals surface area (Å²) in [6.07, 6.45) is 4.75. The standard InChI is InChI=1S/C22H21ClF2N2O2.C8H5Cl/c1-2-29-22(28)27-12-10-26(11-13-27)21(19-8-7-18(24)15-20(19)25)9-6-16-4-3-5-17(23)14-16;1-2-7-4-3-5-8(9)6-7/h3-5,7-8,14-15,21H,2,10-13H2,1H3;1,3-6H. The van der Waals surface area contributed by atoms with Crippen LogP contribution in [0.25, 0.3) is 0 Å². The van der Waals surface area contributed by atoms with Crippen LogP contribution in [0.5, 0.6) is 0 Å². The molecule has 0 bridgehead atoms. The van der Waals surface area contributed by atoms with E-state index < -0.39 is 17.7 Å². The van der Waals surface area contributed by atoms with Gasteiger partial charge in [-0.2, -0.15) is 0 Å². The molecule has 0 spiro atoms. The largest absolute Gasteiger partial charge is 0.450 e. The van der Waals surface area contributed by atoms with Crippen LogP contribution in [0.15, 0.2) is 66.7 Å². The van der Waals surface area contributed by atoms with Gasteiger partial charge >= 0.3 is 6.09 Å². The third-order valence-electron chi connectivity index (χ3n) is 5.63. The zero-order valence-electron chi connectivity index (χ0n) is 20.8. The van der Waals surface area contributed by atoms with Gasteiger partial charge in [-0.3, -0.25) is 4.90 Å². The maximum absolute atomic E-state index is 14.5. The molecule has 0 aliphatic carbocycles. The predicted molar refractivity (Wildman–Crippen MR) is 147 cm³/mol. The van der Waals surface area contributed by atoms with Gasteiger partial charge in [0.25, 0.3) is 0 Å². The van der Waals surface area contributed by atoms with Crippen molar-refractivity contribution >= 4 is 29.3 Å². The first-order valence-corrected chi connectivity index (χ1v) is 12.7. The fraction of sp³-hybridized carbons (Fsp3) is 0.233. The predicted octanol–water partition coefficient (Wildman–Crippen LogP) is 6.81. The number of nitrogens with zero attached hydrogens (tertiary/aromatic N) is 2. The molecule has 1 fully saturated rings. The van der Waals surface area contributed by atoms with Gasteiger partial charge in [-0.1, -0.05) is 59.2 Å². The molecule has 38 heavy (non-hydrogen) atoms. The second-order valence-electron chi connectivity index (χ2n) is 8.22. The lowest BCUT2D eigenvalue weighted by Gasteiger charge is -2.37. The molecule has 196 valence electrons. The van der Waals surface area contributed by atoms with Crippen LogP contribution in [-0.2, 0) is 4.74 Å². The molecule has 1 aliphatic heterocycles. The summed E-state index contributed by atoms with van der Waals surface area (Å²) in [6, 6.07) is 17.2. The highest BCUT2D eigenvalue weighted by Gasteiger charge is 2.28. The third kappa shape index (κ3) is 8.50. The molecule has 1 atom stereocenters. The van der Waals surface area contributed by atoms with Crippen LogP contribution in [0.1, 0.15) is 29.7 Å². The van der Waals surface area contributed by atoms with E-state index in [1.54, 1.807) is 42.2 Å². The number of piperazine rings is 1. The molecule has 1 amide bonds. The number of carbonyl (C=O) groups excluding carboxylic acids is 1. The number of terminal acetylenes is 1. The van der Waals surface area contributed by atoms with E-state index in [-0.39, 0.29) is 6.09 Å². The van der Waals surface area contributed by atoms with Crippen molar-refractivity contribution in [2.75, 3.05) is 32.8 Å². The second kappa shape index (κ2) is 14.4. The Kier molecular flexibility index (Phi) is 11.0. The first-order chi connectivity index (χ1) is 18.3. The van der Waals surface area contributed by atoms with Crippen molar-refractivity contribution in [3.05, 3.63) is 105 Å². The van der Waals surface area contributed by atoms with Crippen LogP contribution in [0.3, 0.4) is 0 Å². The van der Waals surface area contributed by atoms with Crippen LogP contribution in [0.4, 0.5) is 13.6 Å². The maximum atomic E-state index is 14.5. The van der Waals surface area contributed by atoms with Gasteiger partial charge in [0.05, 0.1) is 6.61 Å². The quantitative estimate of drug-likeness (QED) is 0.333. The van der Waals surface area contributed by atoms with Gasteiger partial charge in [-0.25, -0.2) is 13.6 Å². The minimum Gasteiger partial charge on any atom is -0.450 e. The van der Waals surface area contributed by atoms with E-state index in [9.17, 15) is 13.6 Å². The third-order valence-corrected chi connectivity index (χ3v) is 6.10. The molecular formula is C30H26Cl2F2N2O2. The van der Waals surface area contributed by atoms with Gasteiger partial charge in [-0.15, -0.1) is 6.42 Å². The van der Waals surface area contributed by atoms with E-state index in [0.29, 0.717) is 54.0 Å². The average Bonchev–Trinajstić information content (AvgIpc) is 2.90. The van der Waals surface area contributed by atoms with E-state index in [0.717, 1.165) is 11.6 Å². The SMILES string of the molecule is C#Cc1cccc(Cl)c1.CCOC(=O)N1CCN(C(C#Cc2cccc(Cl)c2)c2ccc(F)cc2F)CC1. The molecule has 0 aromatic heterocycles. The Hall–Kier alpha value is -3.55. The zero-order valence-corrected chi connectivity index (χ0v) is 22.3. The van der Waals surface area contributed by atoms with Gasteiger partial charge in [0.1, 0.15) is 17.7 Å². The van der Waals surface area contributed by atoms with Crippen molar-refractivity contribution in [3.8, 4) is 24.2 Å². The van der Waals surface area contributed by atoms with Gasteiger partial charge in [0.15, 0.2) is 0 Å². The molecule has 0 radical (unpaired) electrons. The van der Waals surface area contributed by atoms with E-state index in [1.165, 1.54) is 12.1 Å². The van der Waals surface area contributed by atoms with Crippen molar-refractivity contribution < 1.29 is 18.3 Å². The topological polar surface area (TPSA) is 32.8 Å². The first kappa shape index (κ1) is 29.0. The van der Waals surface area contributed by atoms with Crippen molar-refractivity contribution in [1.82, 2.24) is 9.80 Å². The molecule has 1 heterocycles. The summed E-state index contributed by atoms with van der Waals surface area (Å²) in [6.45, 7) is 3.93. The minimum absolute atomic E-state index is 0.297. The molecule has 8 heteroatoms. The highest BCUT2D eigenvalue weighted by Crippen LogP contribution is 2.25. The number of hydrogen-bond acceptors (Lipinski definition) is 3. The lowest BCUT2D eigenvalue weighted by molar-refractivity contribution is 0.0731. The fourth-order valence-corrected chi connectivity index (χ4v) is 4.14. The van der Waals surface area contributed by atoms with Crippen molar-refractivity contribution in [3.63, 3.8) is 0 Å². The Morgan fingerprint density at radius 2 is 1.61 bits per heavy atom. The number of amides is 1. The Labute approximate surface area is 232 Å². The van der Waals surface area contributed by atoms with E-state index >= 15 is 0 Å². The van der Waals surface area contributed by atoms with Crippen LogP contribution in [0.2, 0.25) is 10.0 Å². The fourth-order valence-electron chi connectivity index (χ4n) is 3.76. The molecule has 4 nitrogen and oxygen atoms in total. The van der Waals surface area contributed by atoms with Gasteiger partial charge in [0.2, 0.25) is 0 Å². The first-order valence-electron chi connectivity index (χ1n) is 11.9. The van der Waals surface area contributed by atoms with Crippen LogP contribution >= 0.6 is 23.2 Å². The molecule has 4 rings (SSSR count). The Balaban J connectivity index is 0.000000375. The number of ether oxygens (including phenoxy) is 1. The second-order valence-corrected chi connectivity index (χ2v) is 9.10. The smallest absolute Gasteiger partial charge is 0.409 e. The molecule has 1 saturated heterocycles. The monoisotopic (exact) mass is 554 g/mol. The van der Waals surface area contributed by atoms with Crippen LogP contribution in [0, 0.1) is 35.8 Å². The normalized spacial score (nSPS) is 13.7. The van der Waals surface area contributed by atoms with Gasteiger partial charge < -0.3 is 9.64 Å². The lowest BCUT2D eigenvalue weighted by Crippen LogP contribution is -2.49. The number of rotatable bonds is 3. The molecule has 1 aliphatic rings. The van der Waals surface area contributed by atoms with Gasteiger partial charge in [0, 0.05) is 59.0 Å². The highest BCUT2D eigenvalue weighted by molar-refractivity contribution is 6.30. The highest BCUT2D eigenvalue weighted by atomic mass is 35.5. The summed E-state index contributed by atoms with van der Waals surface area (Å²) < 4.78 is 32.9. The van der Waals surface area contributed by atoms with E-state index in [2.05, 4.69) is 17.8 Å². The van der Waals surface area contributed by atoms with Crippen LogP contribution < -0.4 is 0 Å². The van der Waals surface area contributed by atoms with Crippen molar-refractivity contribution in [2.45, 2.75) is 13.0 Å². The molecule has 0 saturated carbocycles. The Bertz CT molecular complexity index is 1360. The molecule has 3 aromatic carbocycles. The Morgan fingerprint density at radius 3 is 2.16 bits per heavy atom. The van der Waals surface area contributed by atoms with Crippen molar-refractivity contribution in [1.29, 1.82) is 0 Å². The van der Waals surface area contributed by atoms with Gasteiger partial charge in [-0.05, 0) is 49.4 Å². The van der Waals surface area contributed by atoms with Crippen molar-refractivity contribution in [2.24, 2.45) is 0 Å². The zero-order chi connectivity index (χ0) is 27.5. The summed E-state index contributed by atoms with van der Waals surface area (Å²) in [5.74, 6) is 7.33. The summed E-state index contributed by atoms with van der Waals surface area (Å²) in [5.41, 5.74) is 1.82. The summed E-state index contributed by atoms with van der Waals surface area (Å²) >= 11 is 11.6. The lowest BCUT2D eigenvalue weighted by atomic mass is 10.0. The van der Waals surface area contributed by atoms with E-state index in [1.807, 2.05) is 23.1 Å². The van der Waals surface area contributed by atoms with Crippen LogP contribution in [-0.4, -0.2) is 48.7 Å². The average molecular weight is 555 g/mol. The number of halogens is 4. The Morgan fingerprint density at radius 1 is 0.974 bits per heavy atom. The van der Waals surface area contributed by atoms with E-state index in [4.69, 9.17) is 34.4 Å². The molecule has 0 N–H and O–H groups in total. The maximum Gasteiger partial charge on any atom is 0.409 e. The molecule has 3 aromatic rings. The summed E-state index contributed by atoms with van der Waals surface area (Å²) in [7, 11) is 0. The number of benzene rings is 3. The molecule has 1 unspecified atom stereocenters. The number of carbonyl (C=O) groups is 1. The minimum atomic E-state index is -0.650. The summed E-state index contributed by atoms with van der Waals surface area (Å²) in [4.78, 5) is 15.5.